The fourth-order valence-electron chi connectivity index (χ4n) is 6.04. The van der Waals surface area contributed by atoms with Gasteiger partial charge >= 0.3 is 5.97 Å². The van der Waals surface area contributed by atoms with Gasteiger partial charge in [-0.3, -0.25) is 9.69 Å². The first kappa shape index (κ1) is 21.7. The summed E-state index contributed by atoms with van der Waals surface area (Å²) in [6, 6.07) is 6.68. The molecule has 2 bridgehead atoms. The molecule has 6 nitrogen and oxygen atoms in total. The molecule has 1 saturated heterocycles. The number of aromatic nitrogens is 2. The summed E-state index contributed by atoms with van der Waals surface area (Å²) in [7, 11) is 0. The summed E-state index contributed by atoms with van der Waals surface area (Å²) in [5.74, 6) is 2.36. The molecule has 5 rings (SSSR count). The van der Waals surface area contributed by atoms with Crippen LogP contribution in [-0.2, 0) is 16.1 Å². The number of piperidine rings is 1. The largest absolute Gasteiger partial charge is 0.466 e. The van der Waals surface area contributed by atoms with Crippen molar-refractivity contribution in [2.75, 3.05) is 25.0 Å². The minimum Gasteiger partial charge on any atom is -0.466 e. The minimum atomic E-state index is -0.0256. The molecule has 1 saturated carbocycles. The van der Waals surface area contributed by atoms with Crippen LogP contribution in [-0.4, -0.2) is 40.5 Å². The van der Waals surface area contributed by atoms with Gasteiger partial charge in [0.25, 0.3) is 0 Å². The molecule has 170 valence electrons. The molecule has 0 spiro atoms. The topological polar surface area (TPSA) is 67.3 Å². The van der Waals surface area contributed by atoms with Crippen molar-refractivity contribution in [1.29, 1.82) is 0 Å². The van der Waals surface area contributed by atoms with Gasteiger partial charge in [0.15, 0.2) is 5.82 Å². The Labute approximate surface area is 194 Å². The van der Waals surface area contributed by atoms with Crippen molar-refractivity contribution in [2.45, 2.75) is 56.5 Å². The lowest BCUT2D eigenvalue weighted by Crippen LogP contribution is -2.52. The smallest absolute Gasteiger partial charge is 0.306 e. The zero-order valence-electron chi connectivity index (χ0n) is 19.1. The Morgan fingerprint density at radius 2 is 1.97 bits per heavy atom. The fraction of sp³-hybridized carbons (Fsp3) is 0.560. The number of hydrogen-bond acceptors (Lipinski definition) is 7. The van der Waals surface area contributed by atoms with Crippen molar-refractivity contribution >= 4 is 29.2 Å². The summed E-state index contributed by atoms with van der Waals surface area (Å²) in [6.07, 6.45) is 6.40. The van der Waals surface area contributed by atoms with Gasteiger partial charge in [-0.2, -0.15) is 0 Å². The van der Waals surface area contributed by atoms with Crippen molar-refractivity contribution in [1.82, 2.24) is 14.9 Å². The molecular weight excluding hydrogens is 420 g/mol. The molecule has 2 unspecified atom stereocenters. The monoisotopic (exact) mass is 452 g/mol. The first-order chi connectivity index (χ1) is 15.4. The lowest BCUT2D eigenvalue weighted by molar-refractivity contribution is -0.148. The molecule has 2 aliphatic heterocycles. The van der Waals surface area contributed by atoms with Crippen molar-refractivity contribution in [2.24, 2.45) is 23.2 Å². The van der Waals surface area contributed by atoms with Gasteiger partial charge in [0.2, 0.25) is 0 Å². The molecule has 1 aliphatic carbocycles. The molecule has 3 heterocycles. The number of carbonyl (C=O) groups excluding carboxylic acids is 1. The molecule has 1 N–H and O–H groups in total. The van der Waals surface area contributed by atoms with Gasteiger partial charge in [0.05, 0.1) is 12.3 Å². The third kappa shape index (κ3) is 4.50. The number of benzene rings is 1. The highest BCUT2D eigenvalue weighted by Crippen LogP contribution is 2.50. The van der Waals surface area contributed by atoms with Crippen LogP contribution in [0.1, 0.15) is 45.6 Å². The normalized spacial score (nSPS) is 25.9. The van der Waals surface area contributed by atoms with Gasteiger partial charge in [-0.15, -0.1) is 0 Å². The van der Waals surface area contributed by atoms with Crippen LogP contribution in [0.3, 0.4) is 0 Å². The van der Waals surface area contributed by atoms with E-state index in [-0.39, 0.29) is 5.97 Å². The molecule has 1 aromatic heterocycles. The average molecular weight is 453 g/mol. The number of rotatable bonds is 5. The van der Waals surface area contributed by atoms with E-state index in [0.29, 0.717) is 36.2 Å². The van der Waals surface area contributed by atoms with Crippen molar-refractivity contribution in [3.05, 3.63) is 36.2 Å². The van der Waals surface area contributed by atoms with Crippen molar-refractivity contribution in [3.63, 3.8) is 0 Å². The first-order valence-corrected chi connectivity index (χ1v) is 12.5. The summed E-state index contributed by atoms with van der Waals surface area (Å²) >= 11 is 1.67. The van der Waals surface area contributed by atoms with Gasteiger partial charge in [0.1, 0.15) is 5.03 Å². The first-order valence-electron chi connectivity index (χ1n) is 11.7. The van der Waals surface area contributed by atoms with E-state index in [1.807, 2.05) is 6.92 Å². The highest BCUT2D eigenvalue weighted by molar-refractivity contribution is 7.99. The standard InChI is InChI=1S/C25H32N4O2S/c1-4-31-22(30)10-19-17-11-25(2,3)12-18(19)15-29(14-17)13-16-5-6-21-20(9-16)28-23-24(32-21)27-8-7-26-23/h5-9,17-19H,4,10-15H2,1-3H3,(H,26,28). The van der Waals surface area contributed by atoms with E-state index >= 15 is 0 Å². The number of anilines is 2. The van der Waals surface area contributed by atoms with Crippen molar-refractivity contribution in [3.8, 4) is 0 Å². The van der Waals surface area contributed by atoms with Crippen LogP contribution < -0.4 is 5.32 Å². The van der Waals surface area contributed by atoms with Gasteiger partial charge < -0.3 is 10.1 Å². The van der Waals surface area contributed by atoms with E-state index in [0.717, 1.165) is 36.2 Å². The number of esters is 1. The molecule has 2 fully saturated rings. The number of likely N-dealkylation sites (tertiary alicyclic amines) is 1. The third-order valence-corrected chi connectivity index (χ3v) is 8.18. The summed E-state index contributed by atoms with van der Waals surface area (Å²) in [5, 5.41) is 4.37. The lowest BCUT2D eigenvalue weighted by Gasteiger charge is -2.52. The average Bonchev–Trinajstić information content (AvgIpc) is 2.73. The second-order valence-corrected chi connectivity index (χ2v) is 11.3. The van der Waals surface area contributed by atoms with Crippen LogP contribution in [0, 0.1) is 23.2 Å². The van der Waals surface area contributed by atoms with E-state index in [2.05, 4.69) is 52.2 Å². The van der Waals surface area contributed by atoms with Gasteiger partial charge in [0, 0.05) is 43.3 Å². The molecule has 0 radical (unpaired) electrons. The maximum Gasteiger partial charge on any atom is 0.306 e. The molecular formula is C25H32N4O2S. The highest BCUT2D eigenvalue weighted by Gasteiger charge is 2.46. The Balaban J connectivity index is 1.29. The zero-order valence-corrected chi connectivity index (χ0v) is 20.0. The van der Waals surface area contributed by atoms with Crippen LogP contribution in [0.25, 0.3) is 0 Å². The summed E-state index contributed by atoms with van der Waals surface area (Å²) < 4.78 is 5.29. The summed E-state index contributed by atoms with van der Waals surface area (Å²) in [4.78, 5) is 24.9. The van der Waals surface area contributed by atoms with E-state index in [9.17, 15) is 4.79 Å². The Kier molecular flexibility index (Phi) is 5.88. The number of nitrogens with one attached hydrogen (secondary N) is 1. The molecule has 2 aromatic rings. The van der Waals surface area contributed by atoms with Crippen LogP contribution in [0.15, 0.2) is 40.5 Å². The third-order valence-electron chi connectivity index (χ3n) is 7.11. The Morgan fingerprint density at radius 1 is 1.22 bits per heavy atom. The molecule has 3 aliphatic rings. The second kappa shape index (κ2) is 8.67. The quantitative estimate of drug-likeness (QED) is 0.539. The van der Waals surface area contributed by atoms with Crippen LogP contribution >= 0.6 is 11.8 Å². The predicted octanol–water partition coefficient (Wildman–Crippen LogP) is 5.12. The number of hydrogen-bond donors (Lipinski definition) is 1. The Hall–Kier alpha value is -2.12. The number of nitrogens with zero attached hydrogens (tertiary/aromatic N) is 3. The zero-order chi connectivity index (χ0) is 22.3. The van der Waals surface area contributed by atoms with Crippen LogP contribution in [0.4, 0.5) is 11.5 Å². The molecule has 1 aromatic carbocycles. The Bertz CT molecular complexity index is 993. The highest BCUT2D eigenvalue weighted by atomic mass is 32.2. The lowest BCUT2D eigenvalue weighted by atomic mass is 9.59. The predicted molar refractivity (Wildman–Crippen MR) is 126 cm³/mol. The fourth-order valence-corrected chi connectivity index (χ4v) is 6.92. The van der Waals surface area contributed by atoms with Gasteiger partial charge in [-0.05, 0) is 60.6 Å². The van der Waals surface area contributed by atoms with E-state index in [1.54, 1.807) is 24.2 Å². The van der Waals surface area contributed by atoms with Gasteiger partial charge in [-0.25, -0.2) is 9.97 Å². The minimum absolute atomic E-state index is 0.0256. The second-order valence-electron chi connectivity index (χ2n) is 10.2. The number of carbonyl (C=O) groups is 1. The number of ether oxygens (including phenoxy) is 1. The SMILES string of the molecule is CCOC(=O)CC1C2CN(Cc3ccc4c(c3)Nc3nccnc3S4)CC1CC(C)(C)C2. The Morgan fingerprint density at radius 3 is 2.72 bits per heavy atom. The van der Waals surface area contributed by atoms with E-state index < -0.39 is 0 Å². The summed E-state index contributed by atoms with van der Waals surface area (Å²) in [5.41, 5.74) is 2.78. The molecule has 0 amide bonds. The van der Waals surface area contributed by atoms with Gasteiger partial charge in [-0.1, -0.05) is 31.7 Å². The molecule has 7 heteroatoms. The molecule has 2 atom stereocenters. The number of fused-ring (bicyclic) bond motifs is 4. The maximum atomic E-state index is 12.2. The summed E-state index contributed by atoms with van der Waals surface area (Å²) in [6.45, 7) is 10.2. The van der Waals surface area contributed by atoms with Crippen LogP contribution in [0.5, 0.6) is 0 Å². The maximum absolute atomic E-state index is 12.2. The van der Waals surface area contributed by atoms with Crippen molar-refractivity contribution < 1.29 is 9.53 Å². The van der Waals surface area contributed by atoms with E-state index in [4.69, 9.17) is 4.74 Å². The van der Waals surface area contributed by atoms with E-state index in [1.165, 1.54) is 23.3 Å². The molecule has 32 heavy (non-hydrogen) atoms. The van der Waals surface area contributed by atoms with Crippen LogP contribution in [0.2, 0.25) is 0 Å².